The van der Waals surface area contributed by atoms with Gasteiger partial charge >= 0.3 is 0 Å². The predicted molar refractivity (Wildman–Crippen MR) is 105 cm³/mol. The van der Waals surface area contributed by atoms with Crippen molar-refractivity contribution in [3.63, 3.8) is 0 Å². The van der Waals surface area contributed by atoms with Crippen molar-refractivity contribution < 1.29 is 14.0 Å². The number of rotatable bonds is 7. The lowest BCUT2D eigenvalue weighted by atomic mass is 10.0. The zero-order chi connectivity index (χ0) is 20.0. The number of carbonyl (C=O) groups excluding carboxylic acids is 2. The number of amides is 2. The number of carbonyl (C=O) groups is 2. The maximum atomic E-state index is 12.9. The van der Waals surface area contributed by atoms with E-state index in [0.29, 0.717) is 5.69 Å². The first-order valence-corrected chi connectivity index (χ1v) is 8.85. The van der Waals surface area contributed by atoms with Crippen molar-refractivity contribution in [2.24, 2.45) is 0 Å². The number of anilines is 1. The molecule has 6 heteroatoms. The molecule has 0 bridgehead atoms. The molecule has 0 aliphatic carbocycles. The summed E-state index contributed by atoms with van der Waals surface area (Å²) >= 11 is 0. The quantitative estimate of drug-likeness (QED) is 0.786. The lowest BCUT2D eigenvalue weighted by Crippen LogP contribution is -2.39. The molecule has 2 N–H and O–H groups in total. The lowest BCUT2D eigenvalue weighted by Gasteiger charge is -2.19. The van der Waals surface area contributed by atoms with Crippen LogP contribution in [0.2, 0.25) is 0 Å². The minimum Gasteiger partial charge on any atom is -0.348 e. The second-order valence-electron chi connectivity index (χ2n) is 6.86. The van der Waals surface area contributed by atoms with E-state index in [1.807, 2.05) is 32.9 Å². The third kappa shape index (κ3) is 6.49. The van der Waals surface area contributed by atoms with Crippen molar-refractivity contribution in [2.75, 3.05) is 25.5 Å². The highest BCUT2D eigenvalue weighted by molar-refractivity contribution is 5.92. The Labute approximate surface area is 159 Å². The largest absolute Gasteiger partial charge is 0.348 e. The van der Waals surface area contributed by atoms with Crippen molar-refractivity contribution in [1.29, 1.82) is 0 Å². The molecule has 0 unspecified atom stereocenters. The van der Waals surface area contributed by atoms with E-state index in [-0.39, 0.29) is 36.8 Å². The molecule has 0 spiro atoms. The smallest absolute Gasteiger partial charge is 0.238 e. The van der Waals surface area contributed by atoms with Crippen LogP contribution >= 0.6 is 0 Å². The van der Waals surface area contributed by atoms with Crippen molar-refractivity contribution in [2.45, 2.75) is 26.8 Å². The summed E-state index contributed by atoms with van der Waals surface area (Å²) in [6.45, 7) is 6.19. The molecule has 0 saturated carbocycles. The van der Waals surface area contributed by atoms with E-state index >= 15 is 0 Å². The molecular formula is C21H26FN3O2. The fourth-order valence-electron chi connectivity index (χ4n) is 2.68. The van der Waals surface area contributed by atoms with Gasteiger partial charge in [0.1, 0.15) is 5.82 Å². The summed E-state index contributed by atoms with van der Waals surface area (Å²) < 4.78 is 12.9. The Hall–Kier alpha value is -2.73. The van der Waals surface area contributed by atoms with Crippen LogP contribution in [0.25, 0.3) is 0 Å². The first-order chi connectivity index (χ1) is 12.7. The third-order valence-corrected chi connectivity index (χ3v) is 4.36. The molecule has 2 aromatic carbocycles. The first kappa shape index (κ1) is 20.6. The van der Waals surface area contributed by atoms with Gasteiger partial charge < -0.3 is 10.6 Å². The summed E-state index contributed by atoms with van der Waals surface area (Å²) in [5, 5.41) is 5.62. The fraction of sp³-hybridized carbons (Fsp3) is 0.333. The molecule has 1 atom stereocenters. The first-order valence-electron chi connectivity index (χ1n) is 8.85. The van der Waals surface area contributed by atoms with Crippen LogP contribution in [0.4, 0.5) is 10.1 Å². The zero-order valence-corrected chi connectivity index (χ0v) is 16.2. The number of benzene rings is 2. The molecule has 5 nitrogen and oxygen atoms in total. The highest BCUT2D eigenvalue weighted by atomic mass is 19.1. The van der Waals surface area contributed by atoms with Gasteiger partial charge in [0.2, 0.25) is 11.8 Å². The standard InChI is InChI=1S/C21H26FN3O2/c1-14-5-6-17(11-15(14)2)16(3)23-20(26)12-25(4)13-21(27)24-19-9-7-18(22)8-10-19/h5-11,16H,12-13H2,1-4H3,(H,23,26)(H,24,27)/t16-/m0/s1. The minimum absolute atomic E-state index is 0.0584. The minimum atomic E-state index is -0.361. The summed E-state index contributed by atoms with van der Waals surface area (Å²) in [5.74, 6) is -0.781. The number of halogens is 1. The zero-order valence-electron chi connectivity index (χ0n) is 16.2. The van der Waals surface area contributed by atoms with Gasteiger partial charge in [-0.15, -0.1) is 0 Å². The molecule has 2 amide bonds. The Balaban J connectivity index is 1.81. The number of hydrogen-bond donors (Lipinski definition) is 2. The summed E-state index contributed by atoms with van der Waals surface area (Å²) in [7, 11) is 1.70. The summed E-state index contributed by atoms with van der Waals surface area (Å²) in [4.78, 5) is 25.9. The van der Waals surface area contributed by atoms with E-state index in [9.17, 15) is 14.0 Å². The SMILES string of the molecule is Cc1ccc([C@H](C)NC(=O)CN(C)CC(=O)Nc2ccc(F)cc2)cc1C. The van der Waals surface area contributed by atoms with Crippen molar-refractivity contribution in [3.8, 4) is 0 Å². The topological polar surface area (TPSA) is 61.4 Å². The number of likely N-dealkylation sites (N-methyl/N-ethyl adjacent to an activating group) is 1. The Bertz CT molecular complexity index is 806. The molecule has 0 saturated heterocycles. The van der Waals surface area contributed by atoms with Gasteiger partial charge in [0.15, 0.2) is 0 Å². The van der Waals surface area contributed by atoms with Gasteiger partial charge in [-0.25, -0.2) is 4.39 Å². The molecule has 0 aliphatic rings. The molecule has 144 valence electrons. The second kappa shape index (κ2) is 9.28. The number of nitrogens with one attached hydrogen (secondary N) is 2. The molecule has 0 fully saturated rings. The number of hydrogen-bond acceptors (Lipinski definition) is 3. The lowest BCUT2D eigenvalue weighted by molar-refractivity contribution is -0.123. The Morgan fingerprint density at radius 2 is 1.63 bits per heavy atom. The van der Waals surface area contributed by atoms with E-state index in [4.69, 9.17) is 0 Å². The van der Waals surface area contributed by atoms with Gasteiger partial charge in [0, 0.05) is 5.69 Å². The normalized spacial score (nSPS) is 11.9. The second-order valence-corrected chi connectivity index (χ2v) is 6.86. The Morgan fingerprint density at radius 3 is 2.26 bits per heavy atom. The average Bonchev–Trinajstić information content (AvgIpc) is 2.58. The monoisotopic (exact) mass is 371 g/mol. The molecule has 0 heterocycles. The molecule has 0 aromatic heterocycles. The summed E-state index contributed by atoms with van der Waals surface area (Å²) in [6.07, 6.45) is 0. The Morgan fingerprint density at radius 1 is 1.00 bits per heavy atom. The predicted octanol–water partition coefficient (Wildman–Crippen LogP) is 3.19. The summed E-state index contributed by atoms with van der Waals surface area (Å²) in [5.41, 5.74) is 3.96. The highest BCUT2D eigenvalue weighted by Crippen LogP contribution is 2.16. The number of nitrogens with zero attached hydrogens (tertiary/aromatic N) is 1. The van der Waals surface area contributed by atoms with Crippen LogP contribution in [-0.4, -0.2) is 36.9 Å². The van der Waals surface area contributed by atoms with Crippen LogP contribution in [0.1, 0.15) is 29.7 Å². The van der Waals surface area contributed by atoms with Gasteiger partial charge in [0.25, 0.3) is 0 Å². The molecule has 0 aliphatic heterocycles. The van der Waals surface area contributed by atoms with E-state index in [0.717, 1.165) is 5.56 Å². The molecule has 27 heavy (non-hydrogen) atoms. The van der Waals surface area contributed by atoms with E-state index in [1.54, 1.807) is 11.9 Å². The van der Waals surface area contributed by atoms with Gasteiger partial charge in [-0.3, -0.25) is 14.5 Å². The van der Waals surface area contributed by atoms with Crippen LogP contribution in [0.15, 0.2) is 42.5 Å². The van der Waals surface area contributed by atoms with Crippen LogP contribution in [0, 0.1) is 19.7 Å². The van der Waals surface area contributed by atoms with Gasteiger partial charge in [-0.2, -0.15) is 0 Å². The maximum absolute atomic E-state index is 12.9. The molecule has 2 aromatic rings. The van der Waals surface area contributed by atoms with Gasteiger partial charge in [0.05, 0.1) is 19.1 Å². The van der Waals surface area contributed by atoms with Gasteiger partial charge in [-0.05, 0) is 68.8 Å². The summed E-state index contributed by atoms with van der Waals surface area (Å²) in [6, 6.07) is 11.5. The molecule has 2 rings (SSSR count). The maximum Gasteiger partial charge on any atom is 0.238 e. The van der Waals surface area contributed by atoms with Crippen molar-refractivity contribution in [1.82, 2.24) is 10.2 Å². The van der Waals surface area contributed by atoms with Crippen LogP contribution in [0.5, 0.6) is 0 Å². The number of aryl methyl sites for hydroxylation is 2. The molecule has 0 radical (unpaired) electrons. The van der Waals surface area contributed by atoms with Crippen LogP contribution in [0.3, 0.4) is 0 Å². The molecular weight excluding hydrogens is 345 g/mol. The van der Waals surface area contributed by atoms with Crippen LogP contribution < -0.4 is 10.6 Å². The third-order valence-electron chi connectivity index (χ3n) is 4.36. The highest BCUT2D eigenvalue weighted by Gasteiger charge is 2.14. The van der Waals surface area contributed by atoms with Crippen LogP contribution in [-0.2, 0) is 9.59 Å². The van der Waals surface area contributed by atoms with E-state index in [2.05, 4.69) is 16.7 Å². The van der Waals surface area contributed by atoms with E-state index in [1.165, 1.54) is 35.4 Å². The Kier molecular flexibility index (Phi) is 7.07. The van der Waals surface area contributed by atoms with Gasteiger partial charge in [-0.1, -0.05) is 18.2 Å². The van der Waals surface area contributed by atoms with Crippen molar-refractivity contribution >= 4 is 17.5 Å². The fourth-order valence-corrected chi connectivity index (χ4v) is 2.68. The van der Waals surface area contributed by atoms with Crippen molar-refractivity contribution in [3.05, 3.63) is 65.0 Å². The van der Waals surface area contributed by atoms with E-state index < -0.39 is 0 Å². The average molecular weight is 371 g/mol.